The average Bonchev–Trinajstić information content (AvgIpc) is 2.85. The highest BCUT2D eigenvalue weighted by Crippen LogP contribution is 2.28. The first-order valence-corrected chi connectivity index (χ1v) is 7.80. The van der Waals surface area contributed by atoms with Gasteiger partial charge in [0, 0.05) is 13.1 Å². The summed E-state index contributed by atoms with van der Waals surface area (Å²) in [6, 6.07) is 6.00. The van der Waals surface area contributed by atoms with Crippen LogP contribution in [0.1, 0.15) is 36.8 Å². The molecule has 3 N–H and O–H groups in total. The van der Waals surface area contributed by atoms with Crippen molar-refractivity contribution in [2.24, 2.45) is 0 Å². The predicted octanol–water partition coefficient (Wildman–Crippen LogP) is 1.94. The van der Waals surface area contributed by atoms with E-state index in [1.165, 1.54) is 0 Å². The molecular weight excluding hydrogens is 266 g/mol. The van der Waals surface area contributed by atoms with Gasteiger partial charge in [0.2, 0.25) is 0 Å². The summed E-state index contributed by atoms with van der Waals surface area (Å²) in [4.78, 5) is 0. The lowest BCUT2D eigenvalue weighted by atomic mass is 10.0. The van der Waals surface area contributed by atoms with Crippen molar-refractivity contribution in [3.8, 4) is 5.75 Å². The number of rotatable bonds is 7. The smallest absolute Gasteiger partial charge is 0.125 e. The van der Waals surface area contributed by atoms with Crippen molar-refractivity contribution in [3.63, 3.8) is 0 Å². The SMILES string of the molecule is Cc1cccc(C)c1OCC(O)CNCC1(O)CCCC1. The number of aliphatic hydroxyl groups excluding tert-OH is 1. The summed E-state index contributed by atoms with van der Waals surface area (Å²) in [5, 5.41) is 23.3. The normalized spacial score (nSPS) is 18.7. The molecule has 1 saturated carbocycles. The Balaban J connectivity index is 1.71. The molecular formula is C17H27NO3. The Hall–Kier alpha value is -1.10. The summed E-state index contributed by atoms with van der Waals surface area (Å²) in [5.41, 5.74) is 1.58. The van der Waals surface area contributed by atoms with Gasteiger partial charge < -0.3 is 20.3 Å². The summed E-state index contributed by atoms with van der Waals surface area (Å²) in [5.74, 6) is 0.853. The second-order valence-corrected chi connectivity index (χ2v) is 6.25. The summed E-state index contributed by atoms with van der Waals surface area (Å²) in [6.45, 7) is 5.25. The van der Waals surface area contributed by atoms with Crippen LogP contribution in [0.5, 0.6) is 5.75 Å². The maximum absolute atomic E-state index is 10.2. The van der Waals surface area contributed by atoms with Crippen LogP contribution >= 0.6 is 0 Å². The molecule has 0 spiro atoms. The first kappa shape index (κ1) is 16.3. The quantitative estimate of drug-likeness (QED) is 0.719. The molecule has 0 bridgehead atoms. The lowest BCUT2D eigenvalue weighted by molar-refractivity contribution is 0.0405. The Morgan fingerprint density at radius 1 is 1.24 bits per heavy atom. The number of hydrogen-bond donors (Lipinski definition) is 3. The summed E-state index contributed by atoms with van der Waals surface area (Å²) >= 11 is 0. The molecule has 0 aromatic heterocycles. The van der Waals surface area contributed by atoms with Crippen LogP contribution in [0.3, 0.4) is 0 Å². The van der Waals surface area contributed by atoms with Crippen molar-refractivity contribution < 1.29 is 14.9 Å². The Labute approximate surface area is 127 Å². The van der Waals surface area contributed by atoms with Gasteiger partial charge in [0.15, 0.2) is 0 Å². The molecule has 0 amide bonds. The Bertz CT molecular complexity index is 435. The van der Waals surface area contributed by atoms with E-state index in [2.05, 4.69) is 5.32 Å². The number of aryl methyl sites for hydroxylation is 2. The molecule has 21 heavy (non-hydrogen) atoms. The van der Waals surface area contributed by atoms with Crippen molar-refractivity contribution in [3.05, 3.63) is 29.3 Å². The molecule has 0 radical (unpaired) electrons. The minimum atomic E-state index is -0.576. The number of benzene rings is 1. The highest BCUT2D eigenvalue weighted by molar-refractivity contribution is 5.39. The second-order valence-electron chi connectivity index (χ2n) is 6.25. The molecule has 1 fully saturated rings. The van der Waals surface area contributed by atoms with Gasteiger partial charge in [-0.1, -0.05) is 31.0 Å². The van der Waals surface area contributed by atoms with E-state index in [1.54, 1.807) is 0 Å². The van der Waals surface area contributed by atoms with Gasteiger partial charge in [-0.05, 0) is 37.8 Å². The highest BCUT2D eigenvalue weighted by atomic mass is 16.5. The zero-order valence-corrected chi connectivity index (χ0v) is 13.1. The Morgan fingerprint density at radius 3 is 2.48 bits per heavy atom. The highest BCUT2D eigenvalue weighted by Gasteiger charge is 2.30. The summed E-state index contributed by atoms with van der Waals surface area (Å²) < 4.78 is 5.72. The van der Waals surface area contributed by atoms with Crippen LogP contribution in [0.2, 0.25) is 0 Å². The molecule has 1 aliphatic carbocycles. The molecule has 1 aromatic rings. The van der Waals surface area contributed by atoms with Crippen LogP contribution in [0.25, 0.3) is 0 Å². The second kappa shape index (κ2) is 7.25. The average molecular weight is 293 g/mol. The van der Waals surface area contributed by atoms with Gasteiger partial charge in [-0.15, -0.1) is 0 Å². The minimum Gasteiger partial charge on any atom is -0.490 e. The fraction of sp³-hybridized carbons (Fsp3) is 0.647. The fourth-order valence-electron chi connectivity index (χ4n) is 2.95. The van der Waals surface area contributed by atoms with Gasteiger partial charge in [-0.25, -0.2) is 0 Å². The van der Waals surface area contributed by atoms with Crippen LogP contribution in [-0.4, -0.2) is 41.6 Å². The number of nitrogens with one attached hydrogen (secondary N) is 1. The standard InChI is InChI=1S/C17H27NO3/c1-13-6-5-7-14(2)16(13)21-11-15(19)10-18-12-17(20)8-3-4-9-17/h5-7,15,18-20H,3-4,8-12H2,1-2H3. The van der Waals surface area contributed by atoms with Gasteiger partial charge in [-0.2, -0.15) is 0 Å². The molecule has 4 nitrogen and oxygen atoms in total. The summed E-state index contributed by atoms with van der Waals surface area (Å²) in [6.07, 6.45) is 3.32. The van der Waals surface area contributed by atoms with Crippen molar-refractivity contribution in [1.82, 2.24) is 5.32 Å². The monoisotopic (exact) mass is 293 g/mol. The van der Waals surface area contributed by atoms with E-state index in [1.807, 2.05) is 32.0 Å². The largest absolute Gasteiger partial charge is 0.490 e. The van der Waals surface area contributed by atoms with E-state index in [4.69, 9.17) is 4.74 Å². The maximum Gasteiger partial charge on any atom is 0.125 e. The van der Waals surface area contributed by atoms with E-state index < -0.39 is 11.7 Å². The van der Waals surface area contributed by atoms with Gasteiger partial charge in [0.25, 0.3) is 0 Å². The first-order valence-electron chi connectivity index (χ1n) is 7.80. The zero-order valence-electron chi connectivity index (χ0n) is 13.1. The van der Waals surface area contributed by atoms with Crippen LogP contribution < -0.4 is 10.1 Å². The van der Waals surface area contributed by atoms with Crippen LogP contribution in [0.15, 0.2) is 18.2 Å². The zero-order chi connectivity index (χ0) is 15.3. The third-order valence-electron chi connectivity index (χ3n) is 4.20. The topological polar surface area (TPSA) is 61.7 Å². The number of para-hydroxylation sites is 1. The minimum absolute atomic E-state index is 0.261. The Morgan fingerprint density at radius 2 is 1.86 bits per heavy atom. The van der Waals surface area contributed by atoms with E-state index >= 15 is 0 Å². The van der Waals surface area contributed by atoms with E-state index in [-0.39, 0.29) is 6.61 Å². The Kier molecular flexibility index (Phi) is 5.62. The fourth-order valence-corrected chi connectivity index (χ4v) is 2.95. The van der Waals surface area contributed by atoms with Crippen molar-refractivity contribution in [1.29, 1.82) is 0 Å². The molecule has 1 atom stereocenters. The molecule has 118 valence electrons. The predicted molar refractivity (Wildman–Crippen MR) is 83.7 cm³/mol. The number of hydrogen-bond acceptors (Lipinski definition) is 4. The molecule has 2 rings (SSSR count). The van der Waals surface area contributed by atoms with E-state index in [0.717, 1.165) is 42.6 Å². The third-order valence-corrected chi connectivity index (χ3v) is 4.20. The lowest BCUT2D eigenvalue weighted by Gasteiger charge is -2.23. The summed E-state index contributed by atoms with van der Waals surface area (Å²) in [7, 11) is 0. The van der Waals surface area contributed by atoms with Gasteiger partial charge in [0.05, 0.1) is 5.60 Å². The van der Waals surface area contributed by atoms with E-state index in [9.17, 15) is 10.2 Å². The molecule has 0 saturated heterocycles. The molecule has 1 aliphatic rings. The van der Waals surface area contributed by atoms with Gasteiger partial charge in [0.1, 0.15) is 18.5 Å². The van der Waals surface area contributed by atoms with Crippen molar-refractivity contribution in [2.75, 3.05) is 19.7 Å². The van der Waals surface area contributed by atoms with Crippen LogP contribution in [0, 0.1) is 13.8 Å². The molecule has 1 unspecified atom stereocenters. The van der Waals surface area contributed by atoms with Crippen molar-refractivity contribution in [2.45, 2.75) is 51.2 Å². The van der Waals surface area contributed by atoms with Crippen LogP contribution in [0.4, 0.5) is 0 Å². The number of aliphatic hydroxyl groups is 2. The molecule has 0 heterocycles. The first-order chi connectivity index (χ1) is 10.0. The van der Waals surface area contributed by atoms with Crippen molar-refractivity contribution >= 4 is 0 Å². The van der Waals surface area contributed by atoms with Crippen LogP contribution in [-0.2, 0) is 0 Å². The van der Waals surface area contributed by atoms with Gasteiger partial charge in [-0.3, -0.25) is 0 Å². The number of ether oxygens (including phenoxy) is 1. The van der Waals surface area contributed by atoms with Gasteiger partial charge >= 0.3 is 0 Å². The molecule has 4 heteroatoms. The molecule has 1 aromatic carbocycles. The lowest BCUT2D eigenvalue weighted by Crippen LogP contribution is -2.42. The van der Waals surface area contributed by atoms with E-state index in [0.29, 0.717) is 13.1 Å². The third kappa shape index (κ3) is 4.70. The maximum atomic E-state index is 10.2. The molecule has 0 aliphatic heterocycles.